The molecular formula is C11H13Cl2FN2. The molecule has 88 valence electrons. The van der Waals surface area contributed by atoms with Crippen LogP contribution in [-0.4, -0.2) is 9.97 Å². The summed E-state index contributed by atoms with van der Waals surface area (Å²) in [6, 6.07) is 0. The topological polar surface area (TPSA) is 25.8 Å². The molecule has 0 saturated heterocycles. The molecule has 16 heavy (non-hydrogen) atoms. The molecule has 1 aliphatic rings. The highest BCUT2D eigenvalue weighted by Gasteiger charge is 2.27. The van der Waals surface area contributed by atoms with E-state index in [0.717, 1.165) is 18.8 Å². The van der Waals surface area contributed by atoms with Gasteiger partial charge in [-0.25, -0.2) is 14.4 Å². The van der Waals surface area contributed by atoms with Gasteiger partial charge in [-0.05, 0) is 25.2 Å². The van der Waals surface area contributed by atoms with Crippen LogP contribution in [0.25, 0.3) is 0 Å². The third-order valence-corrected chi connectivity index (χ3v) is 3.77. The van der Waals surface area contributed by atoms with Gasteiger partial charge >= 0.3 is 0 Å². The molecule has 1 fully saturated rings. The largest absolute Gasteiger partial charge is 0.218 e. The molecule has 1 saturated carbocycles. The van der Waals surface area contributed by atoms with Crippen molar-refractivity contribution in [2.24, 2.45) is 5.92 Å². The van der Waals surface area contributed by atoms with Gasteiger partial charge in [0.15, 0.2) is 16.1 Å². The lowest BCUT2D eigenvalue weighted by atomic mass is 10.0. The Morgan fingerprint density at radius 2 is 1.88 bits per heavy atom. The maximum Gasteiger partial charge on any atom is 0.197 e. The van der Waals surface area contributed by atoms with Crippen molar-refractivity contribution in [1.82, 2.24) is 9.97 Å². The van der Waals surface area contributed by atoms with Gasteiger partial charge in [0.2, 0.25) is 0 Å². The number of halogens is 3. The number of nitrogens with zero attached hydrogens (tertiary/aromatic N) is 2. The highest BCUT2D eigenvalue weighted by molar-refractivity contribution is 6.33. The van der Waals surface area contributed by atoms with Crippen molar-refractivity contribution in [3.8, 4) is 0 Å². The molecule has 2 nitrogen and oxygen atoms in total. The Morgan fingerprint density at radius 3 is 2.38 bits per heavy atom. The summed E-state index contributed by atoms with van der Waals surface area (Å²) in [4.78, 5) is 7.96. The van der Waals surface area contributed by atoms with E-state index in [1.165, 1.54) is 12.8 Å². The van der Waals surface area contributed by atoms with Crippen LogP contribution in [0.4, 0.5) is 4.39 Å². The lowest BCUT2D eigenvalue weighted by molar-refractivity contribution is 0.515. The summed E-state index contributed by atoms with van der Waals surface area (Å²) in [7, 11) is 0. The van der Waals surface area contributed by atoms with E-state index in [1.54, 1.807) is 0 Å². The van der Waals surface area contributed by atoms with E-state index >= 15 is 0 Å². The molecule has 0 radical (unpaired) electrons. The first-order chi connectivity index (χ1) is 7.61. The van der Waals surface area contributed by atoms with Gasteiger partial charge in [-0.1, -0.05) is 36.5 Å². The van der Waals surface area contributed by atoms with Crippen LogP contribution in [0.5, 0.6) is 0 Å². The van der Waals surface area contributed by atoms with Gasteiger partial charge in [-0.3, -0.25) is 0 Å². The lowest BCUT2D eigenvalue weighted by Crippen LogP contribution is -2.04. The van der Waals surface area contributed by atoms with Crippen molar-refractivity contribution >= 4 is 23.2 Å². The molecule has 0 N–H and O–H groups in total. The minimum Gasteiger partial charge on any atom is -0.218 e. The molecule has 5 heteroatoms. The lowest BCUT2D eigenvalue weighted by Gasteiger charge is -2.09. The molecule has 1 aromatic heterocycles. The first kappa shape index (κ1) is 12.1. The standard InChI is InChI=1S/C11H13Cl2FN2/c1-2-6-3-4-7(5-6)11-15-9(12)8(14)10(13)16-11/h6-7H,2-5H2,1H3. The Hall–Kier alpha value is -0.410. The average molecular weight is 263 g/mol. The predicted molar refractivity (Wildman–Crippen MR) is 62.4 cm³/mol. The fraction of sp³-hybridized carbons (Fsp3) is 0.636. The quantitative estimate of drug-likeness (QED) is 0.746. The molecule has 0 aliphatic heterocycles. The molecule has 2 rings (SSSR count). The zero-order valence-corrected chi connectivity index (χ0v) is 10.5. The third-order valence-electron chi connectivity index (χ3n) is 3.27. The van der Waals surface area contributed by atoms with Crippen molar-refractivity contribution in [1.29, 1.82) is 0 Å². The first-order valence-corrected chi connectivity index (χ1v) is 6.25. The number of hydrogen-bond acceptors (Lipinski definition) is 2. The highest BCUT2D eigenvalue weighted by atomic mass is 35.5. The van der Waals surface area contributed by atoms with E-state index < -0.39 is 5.82 Å². The maximum atomic E-state index is 13.2. The SMILES string of the molecule is CCC1CCC(c2nc(Cl)c(F)c(Cl)n2)C1. The van der Waals surface area contributed by atoms with E-state index in [1.807, 2.05) is 0 Å². The van der Waals surface area contributed by atoms with Crippen LogP contribution in [0.2, 0.25) is 10.3 Å². The minimum absolute atomic E-state index is 0.171. The van der Waals surface area contributed by atoms with Crippen molar-refractivity contribution < 1.29 is 4.39 Å². The van der Waals surface area contributed by atoms with Crippen LogP contribution < -0.4 is 0 Å². The van der Waals surface area contributed by atoms with E-state index in [4.69, 9.17) is 23.2 Å². The molecule has 0 spiro atoms. The van der Waals surface area contributed by atoms with Crippen LogP contribution in [0.15, 0.2) is 0 Å². The van der Waals surface area contributed by atoms with Gasteiger partial charge in [0.25, 0.3) is 0 Å². The van der Waals surface area contributed by atoms with Gasteiger partial charge < -0.3 is 0 Å². The average Bonchev–Trinajstić information content (AvgIpc) is 2.73. The van der Waals surface area contributed by atoms with Gasteiger partial charge in [0.1, 0.15) is 5.82 Å². The van der Waals surface area contributed by atoms with Crippen molar-refractivity contribution in [2.45, 2.75) is 38.5 Å². The fourth-order valence-corrected chi connectivity index (χ4v) is 2.67. The van der Waals surface area contributed by atoms with Crippen LogP contribution in [-0.2, 0) is 0 Å². The molecule has 1 heterocycles. The monoisotopic (exact) mass is 262 g/mol. The minimum atomic E-state index is -0.725. The van der Waals surface area contributed by atoms with E-state index in [2.05, 4.69) is 16.9 Å². The molecule has 2 unspecified atom stereocenters. The predicted octanol–water partition coefficient (Wildman–Crippen LogP) is 4.22. The fourth-order valence-electron chi connectivity index (χ4n) is 2.27. The Bertz CT molecular complexity index is 375. The number of hydrogen-bond donors (Lipinski definition) is 0. The van der Waals surface area contributed by atoms with Gasteiger partial charge in [-0.2, -0.15) is 0 Å². The molecule has 2 atom stereocenters. The van der Waals surface area contributed by atoms with E-state index in [9.17, 15) is 4.39 Å². The highest BCUT2D eigenvalue weighted by Crippen LogP contribution is 2.39. The van der Waals surface area contributed by atoms with Crippen molar-refractivity contribution in [3.05, 3.63) is 21.9 Å². The molecule has 1 aromatic rings. The summed E-state index contributed by atoms with van der Waals surface area (Å²) >= 11 is 11.3. The van der Waals surface area contributed by atoms with Crippen LogP contribution in [0.3, 0.4) is 0 Å². The molecule has 0 aromatic carbocycles. The number of aromatic nitrogens is 2. The van der Waals surface area contributed by atoms with Gasteiger partial charge in [0.05, 0.1) is 0 Å². The molecular weight excluding hydrogens is 250 g/mol. The maximum absolute atomic E-state index is 13.2. The summed E-state index contributed by atoms with van der Waals surface area (Å²) in [5.41, 5.74) is 0. The molecule has 0 amide bonds. The summed E-state index contributed by atoms with van der Waals surface area (Å²) in [6.07, 6.45) is 4.43. The first-order valence-electron chi connectivity index (χ1n) is 5.50. The van der Waals surface area contributed by atoms with Crippen LogP contribution in [0.1, 0.15) is 44.3 Å². The van der Waals surface area contributed by atoms with Crippen LogP contribution >= 0.6 is 23.2 Å². The second-order valence-electron chi connectivity index (χ2n) is 4.26. The zero-order chi connectivity index (χ0) is 11.7. The van der Waals surface area contributed by atoms with Gasteiger partial charge in [-0.15, -0.1) is 0 Å². The summed E-state index contributed by atoms with van der Waals surface area (Å²) < 4.78 is 13.2. The zero-order valence-electron chi connectivity index (χ0n) is 9.01. The Balaban J connectivity index is 2.22. The second-order valence-corrected chi connectivity index (χ2v) is 4.98. The Morgan fingerprint density at radius 1 is 1.25 bits per heavy atom. The molecule has 0 bridgehead atoms. The summed E-state index contributed by atoms with van der Waals surface area (Å²) in [5, 5.41) is -0.343. The third kappa shape index (κ3) is 2.30. The molecule has 1 aliphatic carbocycles. The Kier molecular flexibility index (Phi) is 3.65. The summed E-state index contributed by atoms with van der Waals surface area (Å²) in [5.74, 6) is 0.862. The van der Waals surface area contributed by atoms with E-state index in [-0.39, 0.29) is 16.2 Å². The van der Waals surface area contributed by atoms with Crippen molar-refractivity contribution in [3.63, 3.8) is 0 Å². The van der Waals surface area contributed by atoms with Gasteiger partial charge in [0, 0.05) is 5.92 Å². The van der Waals surface area contributed by atoms with E-state index in [0.29, 0.717) is 5.82 Å². The van der Waals surface area contributed by atoms with Crippen LogP contribution in [0, 0.1) is 11.7 Å². The number of rotatable bonds is 2. The second kappa shape index (κ2) is 4.84. The van der Waals surface area contributed by atoms with Crippen molar-refractivity contribution in [2.75, 3.05) is 0 Å². The smallest absolute Gasteiger partial charge is 0.197 e. The normalized spacial score (nSPS) is 25.0. The Labute approximate surface area is 104 Å². The summed E-state index contributed by atoms with van der Waals surface area (Å²) in [6.45, 7) is 2.18.